The molecule has 0 radical (unpaired) electrons. The van der Waals surface area contributed by atoms with E-state index in [2.05, 4.69) is 25.8 Å². The molecule has 1 nitrogen and oxygen atoms in total. The van der Waals surface area contributed by atoms with Gasteiger partial charge in [-0.2, -0.15) is 0 Å². The van der Waals surface area contributed by atoms with Crippen molar-refractivity contribution in [3.63, 3.8) is 0 Å². The Morgan fingerprint density at radius 3 is 2.53 bits per heavy atom. The lowest BCUT2D eigenvalue weighted by molar-refractivity contribution is 0.277. The molecule has 0 amide bonds. The van der Waals surface area contributed by atoms with Crippen molar-refractivity contribution in [3.8, 4) is 0 Å². The second-order valence-electron chi connectivity index (χ2n) is 4.41. The quantitative estimate of drug-likeness (QED) is 0.736. The Bertz CT molecular complexity index is 320. The maximum absolute atomic E-state index is 13.0. The molecule has 0 heterocycles. The molecule has 0 aromatic heterocycles. The standard InChI is InChI=1S/C13H20FN/c1-10(2)15(4)8-7-12-5-6-13(14)11(3)9-12/h5-6,9-10H,7-8H2,1-4H3. The molecule has 0 saturated carbocycles. The van der Waals surface area contributed by atoms with Crippen molar-refractivity contribution in [1.82, 2.24) is 4.90 Å². The molecule has 15 heavy (non-hydrogen) atoms. The Kier molecular flexibility index (Phi) is 4.28. The van der Waals surface area contributed by atoms with Crippen LogP contribution in [0.1, 0.15) is 25.0 Å². The zero-order chi connectivity index (χ0) is 11.4. The van der Waals surface area contributed by atoms with Crippen LogP contribution in [0.5, 0.6) is 0 Å². The predicted octanol–water partition coefficient (Wildman–Crippen LogP) is 3.02. The van der Waals surface area contributed by atoms with E-state index in [0.717, 1.165) is 18.5 Å². The van der Waals surface area contributed by atoms with E-state index in [1.54, 1.807) is 6.07 Å². The molecule has 0 spiro atoms. The van der Waals surface area contributed by atoms with Gasteiger partial charge in [-0.1, -0.05) is 12.1 Å². The van der Waals surface area contributed by atoms with Crippen LogP contribution in [0.3, 0.4) is 0 Å². The summed E-state index contributed by atoms with van der Waals surface area (Å²) >= 11 is 0. The number of aryl methyl sites for hydroxylation is 1. The topological polar surface area (TPSA) is 3.24 Å². The highest BCUT2D eigenvalue weighted by Gasteiger charge is 2.04. The first kappa shape index (κ1) is 12.2. The summed E-state index contributed by atoms with van der Waals surface area (Å²) in [5.41, 5.74) is 1.95. The molecular weight excluding hydrogens is 189 g/mol. The van der Waals surface area contributed by atoms with Gasteiger partial charge in [0.1, 0.15) is 5.82 Å². The zero-order valence-electron chi connectivity index (χ0n) is 10.0. The fourth-order valence-corrected chi connectivity index (χ4v) is 1.43. The van der Waals surface area contributed by atoms with Crippen LogP contribution in [0.25, 0.3) is 0 Å². The van der Waals surface area contributed by atoms with Gasteiger partial charge in [-0.3, -0.25) is 0 Å². The molecule has 0 fully saturated rings. The largest absolute Gasteiger partial charge is 0.304 e. The third-order valence-electron chi connectivity index (χ3n) is 2.86. The molecule has 1 aromatic carbocycles. The smallest absolute Gasteiger partial charge is 0.126 e. The Morgan fingerprint density at radius 1 is 1.33 bits per heavy atom. The van der Waals surface area contributed by atoms with E-state index in [-0.39, 0.29) is 5.82 Å². The van der Waals surface area contributed by atoms with Gasteiger partial charge in [-0.15, -0.1) is 0 Å². The van der Waals surface area contributed by atoms with Gasteiger partial charge in [0, 0.05) is 12.6 Å². The molecule has 1 rings (SSSR count). The molecule has 1 aromatic rings. The van der Waals surface area contributed by atoms with Crippen molar-refractivity contribution in [1.29, 1.82) is 0 Å². The van der Waals surface area contributed by atoms with E-state index in [1.165, 1.54) is 5.56 Å². The van der Waals surface area contributed by atoms with E-state index in [4.69, 9.17) is 0 Å². The van der Waals surface area contributed by atoms with Gasteiger partial charge in [0.2, 0.25) is 0 Å². The number of rotatable bonds is 4. The van der Waals surface area contributed by atoms with E-state index in [0.29, 0.717) is 6.04 Å². The summed E-state index contributed by atoms with van der Waals surface area (Å²) in [5, 5.41) is 0. The molecule has 0 unspecified atom stereocenters. The van der Waals surface area contributed by atoms with Gasteiger partial charge >= 0.3 is 0 Å². The highest BCUT2D eigenvalue weighted by Crippen LogP contribution is 2.10. The average Bonchev–Trinajstić information content (AvgIpc) is 2.19. The number of benzene rings is 1. The lowest BCUT2D eigenvalue weighted by atomic mass is 10.1. The first-order valence-corrected chi connectivity index (χ1v) is 5.46. The molecular formula is C13H20FN. The Hall–Kier alpha value is -0.890. The van der Waals surface area contributed by atoms with Crippen LogP contribution in [0.4, 0.5) is 4.39 Å². The minimum absolute atomic E-state index is 0.115. The van der Waals surface area contributed by atoms with Crippen molar-refractivity contribution in [2.75, 3.05) is 13.6 Å². The Morgan fingerprint density at radius 2 is 2.00 bits per heavy atom. The SMILES string of the molecule is Cc1cc(CCN(C)C(C)C)ccc1F. The summed E-state index contributed by atoms with van der Waals surface area (Å²) in [4.78, 5) is 2.29. The average molecular weight is 209 g/mol. The monoisotopic (exact) mass is 209 g/mol. The molecule has 0 aliphatic carbocycles. The first-order chi connectivity index (χ1) is 7.00. The third-order valence-corrected chi connectivity index (χ3v) is 2.86. The van der Waals surface area contributed by atoms with Crippen LogP contribution in [0.2, 0.25) is 0 Å². The van der Waals surface area contributed by atoms with Crippen molar-refractivity contribution in [2.45, 2.75) is 33.2 Å². The number of hydrogen-bond acceptors (Lipinski definition) is 1. The van der Waals surface area contributed by atoms with Crippen LogP contribution < -0.4 is 0 Å². The van der Waals surface area contributed by atoms with Crippen molar-refractivity contribution < 1.29 is 4.39 Å². The minimum atomic E-state index is -0.115. The third kappa shape index (κ3) is 3.63. The Balaban J connectivity index is 2.55. The number of nitrogens with zero attached hydrogens (tertiary/aromatic N) is 1. The lowest BCUT2D eigenvalue weighted by Crippen LogP contribution is -2.28. The van der Waals surface area contributed by atoms with Gasteiger partial charge < -0.3 is 4.90 Å². The van der Waals surface area contributed by atoms with Crippen LogP contribution in [0.15, 0.2) is 18.2 Å². The van der Waals surface area contributed by atoms with E-state index < -0.39 is 0 Å². The summed E-state index contributed by atoms with van der Waals surface area (Å²) in [6.45, 7) is 7.18. The lowest BCUT2D eigenvalue weighted by Gasteiger charge is -2.20. The number of likely N-dealkylation sites (N-methyl/N-ethyl adjacent to an activating group) is 1. The van der Waals surface area contributed by atoms with Crippen LogP contribution in [-0.4, -0.2) is 24.5 Å². The van der Waals surface area contributed by atoms with Gasteiger partial charge in [-0.05, 0) is 51.4 Å². The molecule has 0 saturated heterocycles. The minimum Gasteiger partial charge on any atom is -0.304 e. The predicted molar refractivity (Wildman–Crippen MR) is 62.6 cm³/mol. The van der Waals surface area contributed by atoms with Gasteiger partial charge in [0.25, 0.3) is 0 Å². The molecule has 0 aliphatic rings. The highest BCUT2D eigenvalue weighted by molar-refractivity contribution is 5.24. The maximum Gasteiger partial charge on any atom is 0.126 e. The van der Waals surface area contributed by atoms with Crippen molar-refractivity contribution in [2.24, 2.45) is 0 Å². The highest BCUT2D eigenvalue weighted by atomic mass is 19.1. The summed E-state index contributed by atoms with van der Waals surface area (Å²) in [6, 6.07) is 5.92. The van der Waals surface area contributed by atoms with Gasteiger partial charge in [0.15, 0.2) is 0 Å². The van der Waals surface area contributed by atoms with E-state index in [9.17, 15) is 4.39 Å². The molecule has 0 atom stereocenters. The fraction of sp³-hybridized carbons (Fsp3) is 0.538. The maximum atomic E-state index is 13.0. The Labute approximate surface area is 91.9 Å². The molecule has 2 heteroatoms. The second kappa shape index (κ2) is 5.26. The van der Waals surface area contributed by atoms with Crippen molar-refractivity contribution in [3.05, 3.63) is 35.1 Å². The second-order valence-corrected chi connectivity index (χ2v) is 4.41. The molecule has 0 aliphatic heterocycles. The summed E-state index contributed by atoms with van der Waals surface area (Å²) in [5.74, 6) is -0.115. The molecule has 0 N–H and O–H groups in total. The van der Waals surface area contributed by atoms with Crippen LogP contribution >= 0.6 is 0 Å². The van der Waals surface area contributed by atoms with Gasteiger partial charge in [-0.25, -0.2) is 4.39 Å². The molecule has 84 valence electrons. The normalized spacial score (nSPS) is 11.4. The summed E-state index contributed by atoms with van der Waals surface area (Å²) < 4.78 is 13.0. The first-order valence-electron chi connectivity index (χ1n) is 5.46. The number of halogens is 1. The van der Waals surface area contributed by atoms with Gasteiger partial charge in [0.05, 0.1) is 0 Å². The van der Waals surface area contributed by atoms with Crippen LogP contribution in [0, 0.1) is 12.7 Å². The zero-order valence-corrected chi connectivity index (χ0v) is 10.0. The van der Waals surface area contributed by atoms with Crippen LogP contribution in [-0.2, 0) is 6.42 Å². The number of hydrogen-bond donors (Lipinski definition) is 0. The fourth-order valence-electron chi connectivity index (χ4n) is 1.43. The van der Waals surface area contributed by atoms with Crippen molar-refractivity contribution >= 4 is 0 Å². The van der Waals surface area contributed by atoms with E-state index in [1.807, 2.05) is 19.1 Å². The van der Waals surface area contributed by atoms with E-state index >= 15 is 0 Å². The molecule has 0 bridgehead atoms. The summed E-state index contributed by atoms with van der Waals surface area (Å²) in [6.07, 6.45) is 0.982. The summed E-state index contributed by atoms with van der Waals surface area (Å²) in [7, 11) is 2.11.